The Kier molecular flexibility index (Phi) is 8.55. The molecule has 0 aliphatic rings. The highest BCUT2D eigenvalue weighted by Gasteiger charge is 2.26. The molecule has 0 atom stereocenters. The van der Waals surface area contributed by atoms with E-state index in [0.717, 1.165) is 6.42 Å². The maximum absolute atomic E-state index is 13.3. The van der Waals surface area contributed by atoms with E-state index >= 15 is 0 Å². The average molecular weight is 456 g/mol. The van der Waals surface area contributed by atoms with Gasteiger partial charge in [-0.25, -0.2) is 13.2 Å². The van der Waals surface area contributed by atoms with Crippen molar-refractivity contribution in [1.29, 1.82) is 5.26 Å². The molecule has 2 aromatic carbocycles. The molecule has 8 nitrogen and oxygen atoms in total. The van der Waals surface area contributed by atoms with Crippen LogP contribution in [-0.4, -0.2) is 33.3 Å². The summed E-state index contributed by atoms with van der Waals surface area (Å²) in [6.45, 7) is 2.96. The number of benzene rings is 2. The van der Waals surface area contributed by atoms with Gasteiger partial charge in [0.15, 0.2) is 6.61 Å². The van der Waals surface area contributed by atoms with Crippen molar-refractivity contribution in [2.75, 3.05) is 17.5 Å². The third-order valence-corrected chi connectivity index (χ3v) is 6.36. The summed E-state index contributed by atoms with van der Waals surface area (Å²) in [4.78, 5) is 24.3. The number of nitriles is 1. The summed E-state index contributed by atoms with van der Waals surface area (Å²) in [6.07, 6.45) is 1.47. The zero-order valence-corrected chi connectivity index (χ0v) is 18.8. The Morgan fingerprint density at radius 3 is 2.41 bits per heavy atom. The second-order valence-electron chi connectivity index (χ2n) is 6.96. The summed E-state index contributed by atoms with van der Waals surface area (Å²) >= 11 is 0. The van der Waals surface area contributed by atoms with E-state index < -0.39 is 28.4 Å². The fraction of sp³-hybridized carbons (Fsp3) is 0.261. The smallest absolute Gasteiger partial charge is 0.338 e. The molecule has 2 aromatic rings. The number of ketones is 1. The van der Waals surface area contributed by atoms with Crippen molar-refractivity contribution in [3.05, 3.63) is 71.4 Å². The molecule has 0 saturated carbocycles. The average Bonchev–Trinajstić information content (AvgIpc) is 2.78. The lowest BCUT2D eigenvalue weighted by atomic mass is 10.1. The standard InChI is InChI=1S/C23H25N3O5S/c1-3-4-13-26(19-10-6-5-7-11-19)32(29,30)20-12-8-9-18(14-20)23(28)31-16-22(27)21(15-24)17(2)25/h5-12,14H,3-4,13,16,25H2,1-2H3. The highest BCUT2D eigenvalue weighted by atomic mass is 32.2. The van der Waals surface area contributed by atoms with Gasteiger partial charge in [0, 0.05) is 12.2 Å². The lowest BCUT2D eigenvalue weighted by Gasteiger charge is -2.24. The number of nitrogens with two attached hydrogens (primary N) is 1. The van der Waals surface area contributed by atoms with E-state index in [0.29, 0.717) is 12.1 Å². The topological polar surface area (TPSA) is 131 Å². The molecule has 0 heterocycles. The van der Waals surface area contributed by atoms with Gasteiger partial charge in [0.25, 0.3) is 10.0 Å². The van der Waals surface area contributed by atoms with E-state index in [1.54, 1.807) is 36.4 Å². The molecule has 0 aliphatic carbocycles. The first-order chi connectivity index (χ1) is 15.2. The van der Waals surface area contributed by atoms with Gasteiger partial charge in [-0.1, -0.05) is 37.6 Å². The van der Waals surface area contributed by atoms with Crippen LogP contribution in [0.3, 0.4) is 0 Å². The monoisotopic (exact) mass is 455 g/mol. The van der Waals surface area contributed by atoms with Gasteiger partial charge in [0.2, 0.25) is 5.78 Å². The molecule has 0 spiro atoms. The molecular formula is C23H25N3O5S. The Labute approximate surface area is 188 Å². The summed E-state index contributed by atoms with van der Waals surface area (Å²) in [5, 5.41) is 8.96. The van der Waals surface area contributed by atoms with Crippen molar-refractivity contribution < 1.29 is 22.7 Å². The maximum Gasteiger partial charge on any atom is 0.338 e. The van der Waals surface area contributed by atoms with Crippen LogP contribution in [0.15, 0.2) is 70.8 Å². The molecule has 0 bridgehead atoms. The van der Waals surface area contributed by atoms with Crippen LogP contribution in [0, 0.1) is 11.3 Å². The van der Waals surface area contributed by atoms with Crippen LogP contribution in [0.1, 0.15) is 37.0 Å². The lowest BCUT2D eigenvalue weighted by Crippen LogP contribution is -2.32. The third-order valence-electron chi connectivity index (χ3n) is 4.54. The van der Waals surface area contributed by atoms with Crippen molar-refractivity contribution in [3.8, 4) is 6.07 Å². The zero-order valence-electron chi connectivity index (χ0n) is 17.9. The second kappa shape index (κ2) is 11.1. The van der Waals surface area contributed by atoms with Crippen LogP contribution in [0.5, 0.6) is 0 Å². The molecule has 0 aliphatic heterocycles. The van der Waals surface area contributed by atoms with E-state index in [1.165, 1.54) is 35.5 Å². The van der Waals surface area contributed by atoms with Crippen molar-refractivity contribution in [2.24, 2.45) is 5.73 Å². The Morgan fingerprint density at radius 2 is 1.81 bits per heavy atom. The summed E-state index contributed by atoms with van der Waals surface area (Å²) in [5.41, 5.74) is 5.69. The predicted octanol–water partition coefficient (Wildman–Crippen LogP) is 3.16. The number of carbonyl (C=O) groups excluding carboxylic acids is 2. The minimum atomic E-state index is -3.95. The van der Waals surface area contributed by atoms with Crippen molar-refractivity contribution >= 4 is 27.5 Å². The zero-order chi connectivity index (χ0) is 23.7. The summed E-state index contributed by atoms with van der Waals surface area (Å²) in [6, 6.07) is 15.8. The largest absolute Gasteiger partial charge is 0.454 e. The number of esters is 1. The fourth-order valence-electron chi connectivity index (χ4n) is 2.85. The van der Waals surface area contributed by atoms with Gasteiger partial charge in [-0.15, -0.1) is 0 Å². The highest BCUT2D eigenvalue weighted by Crippen LogP contribution is 2.25. The van der Waals surface area contributed by atoms with Crippen molar-refractivity contribution in [2.45, 2.75) is 31.6 Å². The van der Waals surface area contributed by atoms with E-state index in [-0.39, 0.29) is 28.3 Å². The van der Waals surface area contributed by atoms with Gasteiger partial charge in [0.05, 0.1) is 16.1 Å². The van der Waals surface area contributed by atoms with Gasteiger partial charge in [-0.05, 0) is 43.7 Å². The molecule has 0 fully saturated rings. The van der Waals surface area contributed by atoms with Crippen LogP contribution in [0.25, 0.3) is 0 Å². The molecule has 2 rings (SSSR count). The van der Waals surface area contributed by atoms with E-state index in [2.05, 4.69) is 0 Å². The molecule has 0 unspecified atom stereocenters. The Hall–Kier alpha value is -3.64. The molecule has 0 radical (unpaired) electrons. The molecule has 0 aromatic heterocycles. The number of hydrogen-bond acceptors (Lipinski definition) is 7. The number of sulfonamides is 1. The van der Waals surface area contributed by atoms with Gasteiger partial charge in [-0.2, -0.15) is 5.26 Å². The molecule has 168 valence electrons. The number of nitrogens with zero attached hydrogens (tertiary/aromatic N) is 2. The number of hydrogen-bond donors (Lipinski definition) is 1. The third kappa shape index (κ3) is 5.95. The van der Waals surface area contributed by atoms with Crippen molar-refractivity contribution in [3.63, 3.8) is 0 Å². The van der Waals surface area contributed by atoms with Gasteiger partial charge < -0.3 is 10.5 Å². The summed E-state index contributed by atoms with van der Waals surface area (Å²) in [7, 11) is -3.95. The highest BCUT2D eigenvalue weighted by molar-refractivity contribution is 7.92. The predicted molar refractivity (Wildman–Crippen MR) is 120 cm³/mol. The SMILES string of the molecule is CCCCN(c1ccccc1)S(=O)(=O)c1cccc(C(=O)OCC(=O)C(C#N)=C(C)N)c1. The number of unbranched alkanes of at least 4 members (excludes halogenated alkanes) is 1. The number of para-hydroxylation sites is 1. The van der Waals surface area contributed by atoms with Crippen molar-refractivity contribution in [1.82, 2.24) is 0 Å². The molecule has 2 N–H and O–H groups in total. The maximum atomic E-state index is 13.3. The number of allylic oxidation sites excluding steroid dienone is 1. The summed E-state index contributed by atoms with van der Waals surface area (Å²) < 4.78 is 33.0. The lowest BCUT2D eigenvalue weighted by molar-refractivity contribution is -0.118. The number of anilines is 1. The molecule has 0 amide bonds. The quantitative estimate of drug-likeness (QED) is 0.331. The van der Waals surface area contributed by atoms with Gasteiger partial charge >= 0.3 is 5.97 Å². The van der Waals surface area contributed by atoms with Crippen LogP contribution in [0.4, 0.5) is 5.69 Å². The van der Waals surface area contributed by atoms with Gasteiger partial charge in [-0.3, -0.25) is 9.10 Å². The molecule has 32 heavy (non-hydrogen) atoms. The normalized spacial score (nSPS) is 11.8. The first-order valence-electron chi connectivity index (χ1n) is 9.97. The van der Waals surface area contributed by atoms with Crippen LogP contribution in [0.2, 0.25) is 0 Å². The van der Waals surface area contributed by atoms with E-state index in [4.69, 9.17) is 15.7 Å². The second-order valence-corrected chi connectivity index (χ2v) is 8.83. The van der Waals surface area contributed by atoms with Crippen LogP contribution >= 0.6 is 0 Å². The first-order valence-corrected chi connectivity index (χ1v) is 11.4. The Balaban J connectivity index is 2.28. The van der Waals surface area contributed by atoms with Crippen LogP contribution in [-0.2, 0) is 19.6 Å². The molecular weight excluding hydrogens is 430 g/mol. The Bertz CT molecular complexity index is 1150. The van der Waals surface area contributed by atoms with E-state index in [9.17, 15) is 18.0 Å². The number of Topliss-reactive ketones (excluding diaryl/α,β-unsaturated/α-hetero) is 1. The first kappa shape index (κ1) is 24.6. The molecule has 0 saturated heterocycles. The fourth-order valence-corrected chi connectivity index (χ4v) is 4.40. The van der Waals surface area contributed by atoms with Gasteiger partial charge in [0.1, 0.15) is 11.6 Å². The Morgan fingerprint density at radius 1 is 1.12 bits per heavy atom. The molecule has 9 heteroatoms. The number of carbonyl (C=O) groups is 2. The number of ether oxygens (including phenoxy) is 1. The summed E-state index contributed by atoms with van der Waals surface area (Å²) in [5.74, 6) is -1.62. The minimum Gasteiger partial charge on any atom is -0.454 e. The van der Waals surface area contributed by atoms with Crippen LogP contribution < -0.4 is 10.0 Å². The number of rotatable bonds is 10. The van der Waals surface area contributed by atoms with E-state index in [1.807, 2.05) is 6.92 Å². The minimum absolute atomic E-state index is 0.0229.